The molecule has 2 aromatic rings. The Labute approximate surface area is 254 Å². The first-order valence-corrected chi connectivity index (χ1v) is 15.6. The van der Waals surface area contributed by atoms with Gasteiger partial charge in [-0.15, -0.1) is 0 Å². The Morgan fingerprint density at radius 3 is 1.09 bits per heavy atom. The van der Waals surface area contributed by atoms with Crippen LogP contribution in [0.1, 0.15) is 120 Å². The van der Waals surface area contributed by atoms with Crippen molar-refractivity contribution in [1.29, 1.82) is 0 Å². The first-order valence-electron chi connectivity index (χ1n) is 15.6. The normalized spacial score (nSPS) is 10.5. The molecule has 2 N–H and O–H groups in total. The molecule has 0 spiro atoms. The molecule has 10 nitrogen and oxygen atoms in total. The van der Waals surface area contributed by atoms with Gasteiger partial charge in [0.2, 0.25) is 0 Å². The van der Waals surface area contributed by atoms with E-state index in [0.717, 1.165) is 31.2 Å². The summed E-state index contributed by atoms with van der Waals surface area (Å²) >= 11 is 0. The van der Waals surface area contributed by atoms with Crippen LogP contribution >= 0.6 is 0 Å². The number of rotatable bonds is 23. The lowest BCUT2D eigenvalue weighted by atomic mass is 10.0. The quantitative estimate of drug-likeness (QED) is 0.0725. The summed E-state index contributed by atoms with van der Waals surface area (Å²) < 4.78 is 0. The van der Waals surface area contributed by atoms with Gasteiger partial charge in [-0.2, -0.15) is 0 Å². The number of nitro groups is 2. The molecule has 0 aliphatic rings. The van der Waals surface area contributed by atoms with E-state index < -0.39 is 16.9 Å². The Balaban J connectivity index is 0.000000549. The average molecular weight is 601 g/mol. The topological polar surface area (TPSA) is 161 Å². The van der Waals surface area contributed by atoms with Gasteiger partial charge in [-0.1, -0.05) is 108 Å². The smallest absolute Gasteiger partial charge is 0.303 e. The third-order valence-corrected chi connectivity index (χ3v) is 7.28. The SMILES string of the molecule is O=C(O)CCCCCCCCCCCCCCCCCc1ccc([N+](=O)[O-])cc1.O=C(O)CCc1ccc([N+](=O)[O-])cc1. The van der Waals surface area contributed by atoms with Crippen LogP contribution in [0.2, 0.25) is 0 Å². The van der Waals surface area contributed by atoms with Gasteiger partial charge < -0.3 is 10.2 Å². The first kappa shape index (κ1) is 37.2. The van der Waals surface area contributed by atoms with Crippen LogP contribution < -0.4 is 0 Å². The molecule has 0 aromatic heterocycles. The van der Waals surface area contributed by atoms with Gasteiger partial charge in [0.25, 0.3) is 11.4 Å². The van der Waals surface area contributed by atoms with Crippen molar-refractivity contribution < 1.29 is 29.6 Å². The summed E-state index contributed by atoms with van der Waals surface area (Å²) in [5.41, 5.74) is 2.17. The lowest BCUT2D eigenvalue weighted by Crippen LogP contribution is -1.97. The molecule has 0 saturated carbocycles. The Morgan fingerprint density at radius 2 is 0.767 bits per heavy atom. The summed E-state index contributed by atoms with van der Waals surface area (Å²) in [6, 6.07) is 12.8. The number of nitrogens with zero attached hydrogens (tertiary/aromatic N) is 2. The second kappa shape index (κ2) is 23.7. The number of non-ortho nitro benzene ring substituents is 2. The van der Waals surface area contributed by atoms with Crippen LogP contribution in [-0.2, 0) is 22.4 Å². The van der Waals surface area contributed by atoms with Crippen molar-refractivity contribution in [3.8, 4) is 0 Å². The summed E-state index contributed by atoms with van der Waals surface area (Å²) in [5.74, 6) is -1.55. The Hall–Kier alpha value is -3.82. The molecule has 0 aliphatic heterocycles. The summed E-state index contributed by atoms with van der Waals surface area (Å²) in [6.45, 7) is 0. The summed E-state index contributed by atoms with van der Waals surface area (Å²) in [5, 5.41) is 37.9. The summed E-state index contributed by atoms with van der Waals surface area (Å²) in [7, 11) is 0. The molecule has 238 valence electrons. The van der Waals surface area contributed by atoms with Crippen LogP contribution in [0.15, 0.2) is 48.5 Å². The Morgan fingerprint density at radius 1 is 0.465 bits per heavy atom. The number of aliphatic carboxylic acids is 2. The fourth-order valence-electron chi connectivity index (χ4n) is 4.72. The van der Waals surface area contributed by atoms with Crippen LogP contribution in [-0.4, -0.2) is 32.0 Å². The highest BCUT2D eigenvalue weighted by Gasteiger charge is 2.05. The minimum absolute atomic E-state index is 0.0177. The largest absolute Gasteiger partial charge is 0.481 e. The number of nitro benzene ring substituents is 2. The number of benzene rings is 2. The van der Waals surface area contributed by atoms with E-state index in [-0.39, 0.29) is 22.7 Å². The van der Waals surface area contributed by atoms with Crippen LogP contribution in [0.25, 0.3) is 0 Å². The van der Waals surface area contributed by atoms with E-state index >= 15 is 0 Å². The molecule has 0 bridgehead atoms. The highest BCUT2D eigenvalue weighted by Crippen LogP contribution is 2.17. The van der Waals surface area contributed by atoms with Gasteiger partial charge in [-0.05, 0) is 36.8 Å². The van der Waals surface area contributed by atoms with E-state index in [4.69, 9.17) is 10.2 Å². The molecular weight excluding hydrogens is 552 g/mol. The van der Waals surface area contributed by atoms with E-state index in [0.29, 0.717) is 12.8 Å². The molecule has 0 heterocycles. The van der Waals surface area contributed by atoms with Gasteiger partial charge in [-0.25, -0.2) is 0 Å². The van der Waals surface area contributed by atoms with Crippen molar-refractivity contribution in [2.24, 2.45) is 0 Å². The highest BCUT2D eigenvalue weighted by molar-refractivity contribution is 5.67. The zero-order valence-corrected chi connectivity index (χ0v) is 25.3. The number of unbranched alkanes of at least 4 members (excludes halogenated alkanes) is 14. The molecule has 0 saturated heterocycles. The number of hydrogen-bond donors (Lipinski definition) is 2. The molecule has 10 heteroatoms. The zero-order valence-electron chi connectivity index (χ0n) is 25.3. The van der Waals surface area contributed by atoms with Crippen molar-refractivity contribution >= 4 is 23.3 Å². The standard InChI is InChI=1S/C24H39NO4.C9H9NO4/c26-24(27)17-15-13-11-9-7-5-3-1-2-4-6-8-10-12-14-16-22-18-20-23(21-19-22)25(28)29;11-9(12)6-3-7-1-4-8(5-2-7)10(13)14/h18-21H,1-17H2,(H,26,27);1-2,4-5H,3,6H2,(H,11,12). The van der Waals surface area contributed by atoms with Crippen molar-refractivity contribution in [2.45, 2.75) is 122 Å². The number of hydrogen-bond acceptors (Lipinski definition) is 6. The van der Waals surface area contributed by atoms with Crippen molar-refractivity contribution in [3.63, 3.8) is 0 Å². The fraction of sp³-hybridized carbons (Fsp3) is 0.576. The minimum atomic E-state index is -0.872. The van der Waals surface area contributed by atoms with E-state index in [1.165, 1.54) is 94.7 Å². The van der Waals surface area contributed by atoms with E-state index in [2.05, 4.69) is 0 Å². The van der Waals surface area contributed by atoms with Crippen LogP contribution in [0, 0.1) is 20.2 Å². The molecule has 2 rings (SSSR count). The number of carboxylic acid groups (broad SMARTS) is 2. The minimum Gasteiger partial charge on any atom is -0.481 e. The van der Waals surface area contributed by atoms with Crippen LogP contribution in [0.3, 0.4) is 0 Å². The molecule has 0 atom stereocenters. The average Bonchev–Trinajstić information content (AvgIpc) is 2.98. The number of aryl methyl sites for hydroxylation is 2. The van der Waals surface area contributed by atoms with Crippen molar-refractivity contribution in [3.05, 3.63) is 79.9 Å². The summed E-state index contributed by atoms with van der Waals surface area (Å²) in [4.78, 5) is 40.7. The predicted molar refractivity (Wildman–Crippen MR) is 167 cm³/mol. The highest BCUT2D eigenvalue weighted by atomic mass is 16.6. The molecule has 0 fully saturated rings. The van der Waals surface area contributed by atoms with Gasteiger partial charge in [0, 0.05) is 37.1 Å². The van der Waals surface area contributed by atoms with Crippen LogP contribution in [0.5, 0.6) is 0 Å². The number of carboxylic acids is 2. The third kappa shape index (κ3) is 20.7. The zero-order chi connectivity index (χ0) is 31.7. The molecule has 0 aliphatic carbocycles. The van der Waals surface area contributed by atoms with Gasteiger partial charge in [0.15, 0.2) is 0 Å². The van der Waals surface area contributed by atoms with Gasteiger partial charge in [0.1, 0.15) is 0 Å². The molecule has 2 aromatic carbocycles. The summed E-state index contributed by atoms with van der Waals surface area (Å²) in [6.07, 6.45) is 20.4. The van der Waals surface area contributed by atoms with Gasteiger partial charge in [-0.3, -0.25) is 29.8 Å². The first-order chi connectivity index (χ1) is 20.7. The lowest BCUT2D eigenvalue weighted by Gasteiger charge is -2.04. The van der Waals surface area contributed by atoms with Gasteiger partial charge in [0.05, 0.1) is 9.85 Å². The maximum absolute atomic E-state index is 10.6. The second-order valence-corrected chi connectivity index (χ2v) is 10.9. The van der Waals surface area contributed by atoms with Crippen LogP contribution in [0.4, 0.5) is 11.4 Å². The third-order valence-electron chi connectivity index (χ3n) is 7.28. The van der Waals surface area contributed by atoms with E-state index in [1.54, 1.807) is 24.3 Å². The monoisotopic (exact) mass is 600 g/mol. The Kier molecular flexibility index (Phi) is 20.5. The molecule has 0 amide bonds. The van der Waals surface area contributed by atoms with Crippen molar-refractivity contribution in [1.82, 2.24) is 0 Å². The van der Waals surface area contributed by atoms with E-state index in [9.17, 15) is 29.8 Å². The van der Waals surface area contributed by atoms with E-state index in [1.807, 2.05) is 12.1 Å². The Bertz CT molecular complexity index is 1070. The number of carbonyl (C=O) groups is 2. The predicted octanol–water partition coefficient (Wildman–Crippen LogP) is 9.08. The maximum atomic E-state index is 10.6. The molecular formula is C33H48N2O8. The maximum Gasteiger partial charge on any atom is 0.303 e. The van der Waals surface area contributed by atoms with Gasteiger partial charge >= 0.3 is 11.9 Å². The van der Waals surface area contributed by atoms with Crippen molar-refractivity contribution in [2.75, 3.05) is 0 Å². The second-order valence-electron chi connectivity index (χ2n) is 10.9. The molecule has 43 heavy (non-hydrogen) atoms. The molecule has 0 unspecified atom stereocenters. The molecule has 0 radical (unpaired) electrons. The lowest BCUT2D eigenvalue weighted by molar-refractivity contribution is -0.385. The fourth-order valence-corrected chi connectivity index (χ4v) is 4.72.